The summed E-state index contributed by atoms with van der Waals surface area (Å²) < 4.78 is 0. The lowest BCUT2D eigenvalue weighted by Gasteiger charge is -2.28. The second-order valence-corrected chi connectivity index (χ2v) is 11.3. The van der Waals surface area contributed by atoms with Gasteiger partial charge in [-0.05, 0) is 72.5 Å². The van der Waals surface area contributed by atoms with Gasteiger partial charge in [0, 0.05) is 26.6 Å². The summed E-state index contributed by atoms with van der Waals surface area (Å²) in [7, 11) is 0. The van der Waals surface area contributed by atoms with Gasteiger partial charge in [0.15, 0.2) is 0 Å². The van der Waals surface area contributed by atoms with Gasteiger partial charge in [-0.2, -0.15) is 0 Å². The van der Waals surface area contributed by atoms with Gasteiger partial charge in [-0.15, -0.1) is 0 Å². The van der Waals surface area contributed by atoms with Gasteiger partial charge in [-0.3, -0.25) is 14.6 Å². The normalized spacial score (nSPS) is 19.4. The Hall–Kier alpha value is -2.69. The fourth-order valence-electron chi connectivity index (χ4n) is 5.72. The van der Waals surface area contributed by atoms with Crippen molar-refractivity contribution in [2.45, 2.75) is 58.4 Å². The minimum atomic E-state index is -0.456. The van der Waals surface area contributed by atoms with Gasteiger partial charge in [-0.1, -0.05) is 50.9 Å². The van der Waals surface area contributed by atoms with Crippen LogP contribution in [0.25, 0.3) is 11.1 Å². The zero-order valence-electron chi connectivity index (χ0n) is 20.1. The van der Waals surface area contributed by atoms with Crippen LogP contribution in [0, 0.1) is 0 Å². The molecule has 0 spiro atoms. The summed E-state index contributed by atoms with van der Waals surface area (Å²) >= 11 is 12.5. The van der Waals surface area contributed by atoms with Gasteiger partial charge < -0.3 is 5.32 Å². The van der Waals surface area contributed by atoms with E-state index in [1.165, 1.54) is 0 Å². The van der Waals surface area contributed by atoms with E-state index in [1.54, 1.807) is 6.07 Å². The molecule has 0 bridgehead atoms. The van der Waals surface area contributed by atoms with E-state index in [0.29, 0.717) is 15.6 Å². The monoisotopic (exact) mass is 492 g/mol. The number of aliphatic imine (C=N–C) groups is 1. The fourth-order valence-corrected chi connectivity index (χ4v) is 6.06. The molecule has 2 aliphatic heterocycles. The van der Waals surface area contributed by atoms with Gasteiger partial charge in [0.05, 0.1) is 27.9 Å². The fraction of sp³-hybridized carbons (Fsp3) is 0.321. The molecule has 0 saturated carbocycles. The molecule has 34 heavy (non-hydrogen) atoms. The topological polar surface area (TPSA) is 58.5 Å². The van der Waals surface area contributed by atoms with Crippen molar-refractivity contribution >= 4 is 51.4 Å². The van der Waals surface area contributed by atoms with Crippen LogP contribution in [0.2, 0.25) is 10.0 Å². The molecular formula is C28H26Cl2N2O2. The van der Waals surface area contributed by atoms with Crippen LogP contribution in [-0.2, 0) is 10.8 Å². The number of hydrogen-bond donors (Lipinski definition) is 1. The van der Waals surface area contributed by atoms with Crippen molar-refractivity contribution < 1.29 is 0 Å². The molecule has 1 unspecified atom stereocenters. The zero-order chi connectivity index (χ0) is 24.7. The lowest BCUT2D eigenvalue weighted by molar-refractivity contribution is 0.523. The van der Waals surface area contributed by atoms with Crippen molar-refractivity contribution in [3.05, 3.63) is 88.5 Å². The maximum absolute atomic E-state index is 13.4. The van der Waals surface area contributed by atoms with Crippen molar-refractivity contribution in [3.8, 4) is 0 Å². The molecule has 6 heteroatoms. The van der Waals surface area contributed by atoms with Crippen LogP contribution in [0.15, 0.2) is 51.0 Å². The number of anilines is 1. The SMILES string of the molecule is CC(C1=Nc2ccc(Cl)cc2C1(C)C)=c1c(=O)c(=C(C)C2Nc3ccc(Cl)cc3C2(C)C)c1=O. The van der Waals surface area contributed by atoms with Crippen LogP contribution in [0.5, 0.6) is 0 Å². The Morgan fingerprint density at radius 3 is 2.12 bits per heavy atom. The highest BCUT2D eigenvalue weighted by Crippen LogP contribution is 2.45. The van der Waals surface area contributed by atoms with Crippen molar-refractivity contribution in [2.75, 3.05) is 5.32 Å². The second kappa shape index (κ2) is 7.40. The predicted octanol–water partition coefficient (Wildman–Crippen LogP) is 4.77. The Morgan fingerprint density at radius 1 is 0.882 bits per heavy atom. The summed E-state index contributed by atoms with van der Waals surface area (Å²) in [5.74, 6) is 0. The van der Waals surface area contributed by atoms with E-state index in [4.69, 9.17) is 28.2 Å². The summed E-state index contributed by atoms with van der Waals surface area (Å²) in [6.07, 6.45) is 0. The molecule has 174 valence electrons. The van der Waals surface area contributed by atoms with Gasteiger partial charge in [0.2, 0.25) is 10.9 Å². The van der Waals surface area contributed by atoms with Crippen LogP contribution < -0.4 is 26.6 Å². The minimum Gasteiger partial charge on any atom is -0.377 e. The molecule has 3 aromatic rings. The molecule has 3 aromatic carbocycles. The third-order valence-electron chi connectivity index (χ3n) is 7.62. The van der Waals surface area contributed by atoms with Crippen LogP contribution in [-0.4, -0.2) is 11.8 Å². The average Bonchev–Trinajstić information content (AvgIpc) is 3.17. The number of benzene rings is 2. The minimum absolute atomic E-state index is 0.183. The molecule has 2 heterocycles. The zero-order valence-corrected chi connectivity index (χ0v) is 21.6. The first-order valence-corrected chi connectivity index (χ1v) is 12.1. The number of nitrogens with one attached hydrogen (secondary N) is 1. The Labute approximate surface area is 208 Å². The van der Waals surface area contributed by atoms with Gasteiger partial charge >= 0.3 is 0 Å². The average molecular weight is 493 g/mol. The summed E-state index contributed by atoms with van der Waals surface area (Å²) in [6, 6.07) is 11.1. The Kier molecular flexibility index (Phi) is 5.02. The highest BCUT2D eigenvalue weighted by molar-refractivity contribution is 6.31. The molecule has 0 aliphatic carbocycles. The van der Waals surface area contributed by atoms with E-state index in [0.717, 1.165) is 33.8 Å². The molecule has 0 amide bonds. The second-order valence-electron chi connectivity index (χ2n) is 10.5. The first kappa shape index (κ1) is 23.1. The largest absolute Gasteiger partial charge is 0.377 e. The molecule has 2 aliphatic rings. The van der Waals surface area contributed by atoms with Gasteiger partial charge in [-0.25, -0.2) is 0 Å². The number of halogens is 2. The number of nitrogens with zero attached hydrogens (tertiary/aromatic N) is 1. The highest BCUT2D eigenvalue weighted by atomic mass is 35.5. The van der Waals surface area contributed by atoms with E-state index in [2.05, 4.69) is 19.2 Å². The van der Waals surface area contributed by atoms with E-state index in [-0.39, 0.29) is 32.8 Å². The van der Waals surface area contributed by atoms with Crippen molar-refractivity contribution in [3.63, 3.8) is 0 Å². The molecule has 1 atom stereocenters. The third kappa shape index (κ3) is 3.08. The van der Waals surface area contributed by atoms with E-state index in [9.17, 15) is 9.59 Å². The lowest BCUT2D eigenvalue weighted by Crippen LogP contribution is -2.67. The molecule has 5 rings (SSSR count). The first-order chi connectivity index (χ1) is 15.9. The van der Waals surface area contributed by atoms with Gasteiger partial charge in [0.1, 0.15) is 0 Å². The summed E-state index contributed by atoms with van der Waals surface area (Å²) in [6.45, 7) is 12.0. The molecule has 0 aromatic heterocycles. The molecule has 0 radical (unpaired) electrons. The van der Waals surface area contributed by atoms with E-state index >= 15 is 0 Å². The van der Waals surface area contributed by atoms with Crippen LogP contribution in [0.1, 0.15) is 52.7 Å². The van der Waals surface area contributed by atoms with Crippen LogP contribution in [0.4, 0.5) is 11.4 Å². The summed E-state index contributed by atoms with van der Waals surface area (Å²) in [5.41, 5.74) is 4.80. The molecule has 4 nitrogen and oxygen atoms in total. The smallest absolute Gasteiger partial charge is 0.201 e. The summed E-state index contributed by atoms with van der Waals surface area (Å²) in [4.78, 5) is 31.5. The third-order valence-corrected chi connectivity index (χ3v) is 8.09. The van der Waals surface area contributed by atoms with Crippen LogP contribution in [0.3, 0.4) is 0 Å². The van der Waals surface area contributed by atoms with Crippen LogP contribution >= 0.6 is 23.2 Å². The maximum Gasteiger partial charge on any atom is 0.201 e. The Balaban J connectivity index is 1.64. The van der Waals surface area contributed by atoms with E-state index in [1.807, 2.05) is 58.0 Å². The van der Waals surface area contributed by atoms with Crippen molar-refractivity contribution in [2.24, 2.45) is 4.99 Å². The van der Waals surface area contributed by atoms with Crippen molar-refractivity contribution in [1.29, 1.82) is 0 Å². The number of fused-ring (bicyclic) bond motifs is 2. The van der Waals surface area contributed by atoms with Crippen molar-refractivity contribution in [1.82, 2.24) is 0 Å². The van der Waals surface area contributed by atoms with E-state index < -0.39 is 5.41 Å². The molecular weight excluding hydrogens is 467 g/mol. The quantitative estimate of drug-likeness (QED) is 0.560. The molecule has 0 fully saturated rings. The maximum atomic E-state index is 13.4. The molecule has 1 N–H and O–H groups in total. The Bertz CT molecular complexity index is 1590. The highest BCUT2D eigenvalue weighted by Gasteiger charge is 2.41. The summed E-state index contributed by atoms with van der Waals surface area (Å²) in [5, 5.41) is 5.31. The molecule has 0 saturated heterocycles. The van der Waals surface area contributed by atoms with Gasteiger partial charge in [0.25, 0.3) is 0 Å². The first-order valence-electron chi connectivity index (χ1n) is 11.3. The lowest BCUT2D eigenvalue weighted by atomic mass is 9.76. The Morgan fingerprint density at radius 2 is 1.47 bits per heavy atom. The predicted molar refractivity (Wildman–Crippen MR) is 142 cm³/mol. The number of rotatable bonds is 2. The number of hydrogen-bond acceptors (Lipinski definition) is 4. The standard InChI is InChI=1S/C28H26Cl2N2O2/c1-13(25-27(3,4)17-11-15(29)7-9-19(17)31-25)21-23(33)22(24(21)34)14(2)26-28(5,6)18-12-16(30)8-10-20(18)32-26/h7-12,25,31H,1-6H3.